The third kappa shape index (κ3) is 4.25. The molecule has 2 amide bonds. The molecule has 0 radical (unpaired) electrons. The number of carbonyl (C=O) groups is 2. The van der Waals surface area contributed by atoms with Gasteiger partial charge in [-0.15, -0.1) is 0 Å². The Kier molecular flexibility index (Phi) is 5.54. The van der Waals surface area contributed by atoms with Crippen molar-refractivity contribution >= 4 is 17.5 Å². The van der Waals surface area contributed by atoms with Gasteiger partial charge in [-0.1, -0.05) is 12.1 Å². The predicted octanol–water partition coefficient (Wildman–Crippen LogP) is 3.31. The number of anilines is 1. The van der Waals surface area contributed by atoms with Gasteiger partial charge < -0.3 is 10.6 Å². The van der Waals surface area contributed by atoms with Crippen molar-refractivity contribution in [3.8, 4) is 5.69 Å². The quantitative estimate of drug-likeness (QED) is 0.713. The number of hydrogen-bond acceptors (Lipinski definition) is 3. The van der Waals surface area contributed by atoms with Crippen LogP contribution < -0.4 is 10.6 Å². The molecular formula is C21H21FN4O2. The van der Waals surface area contributed by atoms with Crippen LogP contribution in [0.5, 0.6) is 0 Å². The standard InChI is InChI=1S/C21H21FN4O2/c1-13-5-4-6-18(15(13)3)24-20(27)12-23-21(28)19-11-14(2)26(25-19)17-9-7-16(22)8-10-17/h4-11H,12H2,1-3H3,(H,23,28)(H,24,27). The Bertz CT molecular complexity index is 1030. The molecule has 6 nitrogen and oxygen atoms in total. The van der Waals surface area contributed by atoms with Gasteiger partial charge in [-0.3, -0.25) is 9.59 Å². The average molecular weight is 380 g/mol. The van der Waals surface area contributed by atoms with Crippen LogP contribution in [0, 0.1) is 26.6 Å². The van der Waals surface area contributed by atoms with E-state index in [1.807, 2.05) is 32.0 Å². The van der Waals surface area contributed by atoms with Crippen molar-refractivity contribution in [2.75, 3.05) is 11.9 Å². The number of benzene rings is 2. The number of amides is 2. The van der Waals surface area contributed by atoms with E-state index in [1.165, 1.54) is 12.1 Å². The van der Waals surface area contributed by atoms with Crippen LogP contribution in [0.25, 0.3) is 5.69 Å². The van der Waals surface area contributed by atoms with Crippen molar-refractivity contribution in [1.82, 2.24) is 15.1 Å². The van der Waals surface area contributed by atoms with Crippen LogP contribution >= 0.6 is 0 Å². The van der Waals surface area contributed by atoms with Crippen LogP contribution in [0.4, 0.5) is 10.1 Å². The Morgan fingerprint density at radius 3 is 2.50 bits per heavy atom. The van der Waals surface area contributed by atoms with E-state index >= 15 is 0 Å². The summed E-state index contributed by atoms with van der Waals surface area (Å²) in [6.45, 7) is 5.51. The summed E-state index contributed by atoms with van der Waals surface area (Å²) >= 11 is 0. The van der Waals surface area contributed by atoms with Gasteiger partial charge in [-0.2, -0.15) is 5.10 Å². The fourth-order valence-corrected chi connectivity index (χ4v) is 2.76. The van der Waals surface area contributed by atoms with E-state index in [1.54, 1.807) is 29.8 Å². The molecule has 7 heteroatoms. The Hall–Kier alpha value is -3.48. The molecule has 3 aromatic rings. The molecule has 0 bridgehead atoms. The summed E-state index contributed by atoms with van der Waals surface area (Å²) in [4.78, 5) is 24.5. The van der Waals surface area contributed by atoms with Crippen LogP contribution in [-0.2, 0) is 4.79 Å². The zero-order valence-corrected chi connectivity index (χ0v) is 15.9. The molecule has 28 heavy (non-hydrogen) atoms. The van der Waals surface area contributed by atoms with E-state index in [0.717, 1.165) is 22.5 Å². The van der Waals surface area contributed by atoms with Gasteiger partial charge in [-0.05, 0) is 68.3 Å². The molecule has 0 unspecified atom stereocenters. The van der Waals surface area contributed by atoms with E-state index in [-0.39, 0.29) is 24.0 Å². The van der Waals surface area contributed by atoms with Gasteiger partial charge in [0.15, 0.2) is 5.69 Å². The molecule has 0 saturated heterocycles. The Morgan fingerprint density at radius 1 is 1.07 bits per heavy atom. The van der Waals surface area contributed by atoms with E-state index < -0.39 is 5.91 Å². The zero-order valence-electron chi connectivity index (χ0n) is 15.9. The lowest BCUT2D eigenvalue weighted by Crippen LogP contribution is -2.33. The predicted molar refractivity (Wildman–Crippen MR) is 105 cm³/mol. The summed E-state index contributed by atoms with van der Waals surface area (Å²) in [5.41, 5.74) is 4.32. The number of halogens is 1. The van der Waals surface area contributed by atoms with Crippen LogP contribution in [-0.4, -0.2) is 28.1 Å². The molecule has 0 atom stereocenters. The molecule has 0 saturated carbocycles. The molecule has 0 fully saturated rings. The van der Waals surface area contributed by atoms with E-state index in [9.17, 15) is 14.0 Å². The normalized spacial score (nSPS) is 10.6. The lowest BCUT2D eigenvalue weighted by molar-refractivity contribution is -0.115. The molecule has 2 N–H and O–H groups in total. The lowest BCUT2D eigenvalue weighted by Gasteiger charge is -2.10. The Morgan fingerprint density at radius 2 is 1.79 bits per heavy atom. The molecule has 144 valence electrons. The Labute approximate surface area is 162 Å². The largest absolute Gasteiger partial charge is 0.342 e. The van der Waals surface area contributed by atoms with Gasteiger partial charge in [0.25, 0.3) is 5.91 Å². The summed E-state index contributed by atoms with van der Waals surface area (Å²) in [5.74, 6) is -1.13. The van der Waals surface area contributed by atoms with Crippen molar-refractivity contribution in [3.63, 3.8) is 0 Å². The number of aryl methyl sites for hydroxylation is 2. The topological polar surface area (TPSA) is 76.0 Å². The summed E-state index contributed by atoms with van der Waals surface area (Å²) in [7, 11) is 0. The maximum atomic E-state index is 13.1. The molecule has 3 rings (SSSR count). The second-order valence-corrected chi connectivity index (χ2v) is 6.54. The second-order valence-electron chi connectivity index (χ2n) is 6.54. The average Bonchev–Trinajstić information content (AvgIpc) is 3.06. The maximum Gasteiger partial charge on any atom is 0.272 e. The highest BCUT2D eigenvalue weighted by Gasteiger charge is 2.15. The van der Waals surface area contributed by atoms with Crippen molar-refractivity contribution in [2.24, 2.45) is 0 Å². The monoisotopic (exact) mass is 380 g/mol. The van der Waals surface area contributed by atoms with Gasteiger partial charge >= 0.3 is 0 Å². The number of nitrogens with one attached hydrogen (secondary N) is 2. The SMILES string of the molecule is Cc1cccc(NC(=O)CNC(=O)c2cc(C)n(-c3ccc(F)cc3)n2)c1C. The van der Waals surface area contributed by atoms with E-state index in [2.05, 4.69) is 15.7 Å². The fraction of sp³-hybridized carbons (Fsp3) is 0.190. The van der Waals surface area contributed by atoms with Crippen LogP contribution in [0.1, 0.15) is 27.3 Å². The second kappa shape index (κ2) is 8.04. The third-order valence-corrected chi connectivity index (χ3v) is 4.48. The van der Waals surface area contributed by atoms with Crippen molar-refractivity contribution in [1.29, 1.82) is 0 Å². The first-order valence-corrected chi connectivity index (χ1v) is 8.82. The molecule has 0 aliphatic carbocycles. The minimum Gasteiger partial charge on any atom is -0.342 e. The van der Waals surface area contributed by atoms with Gasteiger partial charge in [0, 0.05) is 11.4 Å². The third-order valence-electron chi connectivity index (χ3n) is 4.48. The van der Waals surface area contributed by atoms with Gasteiger partial charge in [0.2, 0.25) is 5.91 Å². The molecule has 0 aliphatic rings. The number of aromatic nitrogens is 2. The number of rotatable bonds is 5. The van der Waals surface area contributed by atoms with Crippen molar-refractivity contribution < 1.29 is 14.0 Å². The van der Waals surface area contributed by atoms with Gasteiger partial charge in [0.1, 0.15) is 5.82 Å². The lowest BCUT2D eigenvalue weighted by atomic mass is 10.1. The molecule has 2 aromatic carbocycles. The van der Waals surface area contributed by atoms with Crippen LogP contribution in [0.15, 0.2) is 48.5 Å². The fourth-order valence-electron chi connectivity index (χ4n) is 2.76. The van der Waals surface area contributed by atoms with Gasteiger partial charge in [-0.25, -0.2) is 9.07 Å². The summed E-state index contributed by atoms with van der Waals surface area (Å²) in [6, 6.07) is 13.1. The van der Waals surface area contributed by atoms with Crippen LogP contribution in [0.2, 0.25) is 0 Å². The van der Waals surface area contributed by atoms with E-state index in [4.69, 9.17) is 0 Å². The summed E-state index contributed by atoms with van der Waals surface area (Å²) in [5, 5.41) is 9.61. The Balaban J connectivity index is 1.63. The first-order valence-electron chi connectivity index (χ1n) is 8.82. The smallest absolute Gasteiger partial charge is 0.272 e. The van der Waals surface area contributed by atoms with E-state index in [0.29, 0.717) is 5.69 Å². The highest BCUT2D eigenvalue weighted by molar-refractivity contribution is 5.98. The molecule has 0 spiro atoms. The summed E-state index contributed by atoms with van der Waals surface area (Å²) < 4.78 is 14.6. The highest BCUT2D eigenvalue weighted by Crippen LogP contribution is 2.17. The number of hydrogen-bond donors (Lipinski definition) is 2. The number of carbonyl (C=O) groups excluding carboxylic acids is 2. The van der Waals surface area contributed by atoms with Crippen molar-refractivity contribution in [2.45, 2.75) is 20.8 Å². The number of nitrogens with zero attached hydrogens (tertiary/aromatic N) is 2. The molecular weight excluding hydrogens is 359 g/mol. The first kappa shape index (κ1) is 19.3. The first-order chi connectivity index (χ1) is 13.3. The molecule has 1 heterocycles. The molecule has 1 aromatic heterocycles. The van der Waals surface area contributed by atoms with Crippen LogP contribution in [0.3, 0.4) is 0 Å². The maximum absolute atomic E-state index is 13.1. The molecule has 0 aliphatic heterocycles. The summed E-state index contributed by atoms with van der Waals surface area (Å²) in [6.07, 6.45) is 0. The zero-order chi connectivity index (χ0) is 20.3. The minimum absolute atomic E-state index is 0.172. The highest BCUT2D eigenvalue weighted by atomic mass is 19.1. The minimum atomic E-state index is -0.458. The van der Waals surface area contributed by atoms with Crippen molar-refractivity contribution in [3.05, 3.63) is 76.9 Å². The van der Waals surface area contributed by atoms with Gasteiger partial charge in [0.05, 0.1) is 12.2 Å².